The molecule has 0 aromatic rings. The summed E-state index contributed by atoms with van der Waals surface area (Å²) in [5, 5.41) is 271. The van der Waals surface area contributed by atoms with Crippen molar-refractivity contribution < 1.29 is 180 Å². The predicted octanol–water partition coefficient (Wildman–Crippen LogP) is -17.1. The molecule has 2 aliphatic carbocycles. The third kappa shape index (κ3) is 15.4. The van der Waals surface area contributed by atoms with Crippen LogP contribution in [0.3, 0.4) is 0 Å². The second-order valence-corrected chi connectivity index (χ2v) is 22.7. The highest BCUT2D eigenvalue weighted by Gasteiger charge is 2.56. The first-order valence-corrected chi connectivity index (χ1v) is 28.2. The van der Waals surface area contributed by atoms with Gasteiger partial charge in [-0.3, -0.25) is 0 Å². The summed E-state index contributed by atoms with van der Waals surface area (Å²) in [4.78, 5) is 0. The first-order chi connectivity index (χ1) is 41.5. The second-order valence-electron chi connectivity index (χ2n) is 22.7. The summed E-state index contributed by atoms with van der Waals surface area (Å²) >= 11 is 0. The van der Waals surface area contributed by atoms with Crippen LogP contribution in [-0.4, -0.2) is 405 Å². The van der Waals surface area contributed by atoms with E-state index in [2.05, 4.69) is 10.6 Å². The Labute approximate surface area is 499 Å². The van der Waals surface area contributed by atoms with E-state index in [4.69, 9.17) is 47.4 Å². The Kier molecular flexibility index (Phi) is 26.2. The standard InChI is InChI=1S/2C25H43NO18/c2*1-6-11(26-8-2-7(3-27)12(30)15(33)13(8)31)14(32)19(37)24(40-6)43-22-10(5-29)42-25(20(38)17(22)35)44-21-9(4-28)41-23(39)18(36)16(21)34/h2*2,6,8-39H,3-5H2,1H3/t2*6-,8+,9-,10-,11-,12-,13+,14+,15+,16-,17-,18-,19-,20-,21-,22-,23-,24-,25-/m11/s1. The molecule has 6 fully saturated rings. The lowest BCUT2D eigenvalue weighted by Crippen LogP contribution is -2.68. The topological polar surface area (TPSA) is 642 Å². The van der Waals surface area contributed by atoms with Crippen molar-refractivity contribution in [1.82, 2.24) is 10.6 Å². The Morgan fingerprint density at radius 2 is 0.580 bits per heavy atom. The summed E-state index contributed by atoms with van der Waals surface area (Å²) in [5.74, 6) is 0. The lowest BCUT2D eigenvalue weighted by atomic mass is 9.86. The maximum Gasteiger partial charge on any atom is 0.187 e. The zero-order valence-electron chi connectivity index (χ0n) is 47.0. The van der Waals surface area contributed by atoms with Crippen LogP contribution in [0.1, 0.15) is 13.8 Å². The van der Waals surface area contributed by atoms with Crippen molar-refractivity contribution in [2.45, 2.75) is 247 Å². The maximum absolute atomic E-state index is 10.9. The number of rotatable bonds is 18. The van der Waals surface area contributed by atoms with Gasteiger partial charge in [0.05, 0.1) is 76.0 Å². The molecule has 38 nitrogen and oxygen atoms in total. The van der Waals surface area contributed by atoms with Crippen LogP contribution in [0.15, 0.2) is 23.3 Å². The molecule has 0 saturated carbocycles. The van der Waals surface area contributed by atoms with E-state index >= 15 is 0 Å². The minimum atomic E-state index is -1.93. The van der Waals surface area contributed by atoms with Crippen LogP contribution in [0.25, 0.3) is 0 Å². The first-order valence-electron chi connectivity index (χ1n) is 28.2. The van der Waals surface area contributed by atoms with Gasteiger partial charge in [0.25, 0.3) is 0 Å². The molecule has 38 heteroatoms. The summed E-state index contributed by atoms with van der Waals surface area (Å²) in [6.07, 6.45) is -53.2. The Hall–Kier alpha value is -2.04. The molecule has 6 saturated heterocycles. The number of hydrogen-bond acceptors (Lipinski definition) is 38. The fraction of sp³-hybridized carbons (Fsp3) is 0.920. The fourth-order valence-corrected chi connectivity index (χ4v) is 11.6. The SMILES string of the molecule is C[C@H]1O[C@H](O[C@H]2[C@H](O)[C@@H](O)[C@@H](O[C@H]3[C@H](O)[C@@H](O)[C@H](O)O[C@@H]3CO)O[C@@H]2CO)[C@H](O)[C@@H](O)[C@@H]1N[C@H]1C=C(CO)[C@@H](O)[C@H](O)[C@H]1O.C[C@H]1O[C@H](O[C@H]2[C@H](O)[C@@H](O)[C@@H](O[C@H]3[C@H](O)[C@@H](O)[C@H](O)O[C@@H]3CO)O[C@@H]2CO)[C@H](O)[C@@H](O)[C@@H]1N[C@H]1C=C(CO)[C@@H](O)[C@H](O)[C@H]1O. The molecular formula is C50H86N2O36. The summed E-state index contributed by atoms with van der Waals surface area (Å²) < 4.78 is 54.8. The maximum atomic E-state index is 10.9. The highest BCUT2D eigenvalue weighted by atomic mass is 16.8. The minimum Gasteiger partial charge on any atom is -0.394 e. The van der Waals surface area contributed by atoms with Crippen molar-refractivity contribution in [2.24, 2.45) is 0 Å². The van der Waals surface area contributed by atoms with Gasteiger partial charge in [-0.05, 0) is 25.0 Å². The Morgan fingerprint density at radius 1 is 0.318 bits per heavy atom. The molecule has 0 bridgehead atoms. The fourth-order valence-electron chi connectivity index (χ4n) is 11.6. The van der Waals surface area contributed by atoms with E-state index in [-0.39, 0.29) is 11.1 Å². The molecule has 512 valence electrons. The average molecular weight is 1290 g/mol. The summed E-state index contributed by atoms with van der Waals surface area (Å²) in [7, 11) is 0. The monoisotopic (exact) mass is 1290 g/mol. The minimum absolute atomic E-state index is 0.0225. The van der Waals surface area contributed by atoms with Crippen molar-refractivity contribution in [3.05, 3.63) is 23.3 Å². The molecule has 38 atom stereocenters. The number of aliphatic hydroxyl groups excluding tert-OH is 26. The summed E-state index contributed by atoms with van der Waals surface area (Å²) in [6, 6.07) is -4.34. The lowest BCUT2D eigenvalue weighted by Gasteiger charge is -2.48. The van der Waals surface area contributed by atoms with E-state index in [0.29, 0.717) is 0 Å². The normalized spacial score (nSPS) is 52.0. The first kappa shape index (κ1) is 73.4. The van der Waals surface area contributed by atoms with Gasteiger partial charge in [-0.15, -0.1) is 0 Å². The average Bonchev–Trinajstić information content (AvgIpc) is 1.18. The van der Waals surface area contributed by atoms with Gasteiger partial charge in [-0.2, -0.15) is 0 Å². The Balaban J connectivity index is 0.000000251. The van der Waals surface area contributed by atoms with Crippen molar-refractivity contribution in [2.75, 3.05) is 39.6 Å². The second kappa shape index (κ2) is 31.5. The zero-order chi connectivity index (χ0) is 65.2. The molecule has 8 aliphatic rings. The largest absolute Gasteiger partial charge is 0.394 e. The van der Waals surface area contributed by atoms with Crippen LogP contribution in [0.4, 0.5) is 0 Å². The Bertz CT molecular complexity index is 2060. The molecule has 0 amide bonds. The van der Waals surface area contributed by atoms with Gasteiger partial charge < -0.3 is 191 Å². The van der Waals surface area contributed by atoms with Crippen LogP contribution in [-0.2, 0) is 47.4 Å². The smallest absolute Gasteiger partial charge is 0.187 e. The molecule has 0 unspecified atom stereocenters. The molecule has 0 spiro atoms. The van der Waals surface area contributed by atoms with E-state index in [1.54, 1.807) is 0 Å². The van der Waals surface area contributed by atoms with Crippen LogP contribution < -0.4 is 10.6 Å². The molecule has 0 aromatic heterocycles. The Morgan fingerprint density at radius 3 is 0.864 bits per heavy atom. The molecule has 6 aliphatic heterocycles. The highest BCUT2D eigenvalue weighted by Crippen LogP contribution is 2.36. The van der Waals surface area contributed by atoms with Crippen LogP contribution >= 0.6 is 0 Å². The molecule has 28 N–H and O–H groups in total. The lowest BCUT2D eigenvalue weighted by molar-refractivity contribution is -0.373. The third-order valence-electron chi connectivity index (χ3n) is 17.0. The van der Waals surface area contributed by atoms with E-state index in [1.165, 1.54) is 26.0 Å². The van der Waals surface area contributed by atoms with Gasteiger partial charge in [0.2, 0.25) is 0 Å². The third-order valence-corrected chi connectivity index (χ3v) is 17.0. The van der Waals surface area contributed by atoms with Crippen molar-refractivity contribution >= 4 is 0 Å². The summed E-state index contributed by atoms with van der Waals surface area (Å²) in [5.41, 5.74) is 0.0450. The van der Waals surface area contributed by atoms with E-state index in [0.717, 1.165) is 0 Å². The van der Waals surface area contributed by atoms with Crippen LogP contribution in [0.2, 0.25) is 0 Å². The van der Waals surface area contributed by atoms with Crippen molar-refractivity contribution in [1.29, 1.82) is 0 Å². The number of ether oxygens (including phenoxy) is 10. The van der Waals surface area contributed by atoms with Gasteiger partial charge in [0.1, 0.15) is 159 Å². The summed E-state index contributed by atoms with van der Waals surface area (Å²) in [6.45, 7) is -1.51. The van der Waals surface area contributed by atoms with Crippen molar-refractivity contribution in [3.8, 4) is 0 Å². The van der Waals surface area contributed by atoms with E-state index in [9.17, 15) is 133 Å². The van der Waals surface area contributed by atoms with Crippen LogP contribution in [0.5, 0.6) is 0 Å². The van der Waals surface area contributed by atoms with Gasteiger partial charge in [0, 0.05) is 0 Å². The van der Waals surface area contributed by atoms with E-state index in [1.807, 2.05) is 0 Å². The van der Waals surface area contributed by atoms with Gasteiger partial charge in [-0.25, -0.2) is 0 Å². The molecule has 6 heterocycles. The molecule has 0 aromatic carbocycles. The molecule has 8 rings (SSSR count). The van der Waals surface area contributed by atoms with Gasteiger partial charge in [-0.1, -0.05) is 12.2 Å². The van der Waals surface area contributed by atoms with Gasteiger partial charge >= 0.3 is 0 Å². The highest BCUT2D eigenvalue weighted by molar-refractivity contribution is 5.23. The van der Waals surface area contributed by atoms with Gasteiger partial charge in [0.15, 0.2) is 37.7 Å². The quantitative estimate of drug-likeness (QED) is 0.0567. The number of hydrogen-bond donors (Lipinski definition) is 28. The molecular weight excluding hydrogens is 1200 g/mol. The number of nitrogens with one attached hydrogen (secondary N) is 2. The van der Waals surface area contributed by atoms with E-state index < -0.39 is 272 Å². The van der Waals surface area contributed by atoms with Crippen LogP contribution in [0, 0.1) is 0 Å². The van der Waals surface area contributed by atoms with Crippen molar-refractivity contribution in [3.63, 3.8) is 0 Å². The number of aliphatic hydroxyl groups is 26. The predicted molar refractivity (Wildman–Crippen MR) is 275 cm³/mol. The zero-order valence-corrected chi connectivity index (χ0v) is 47.0. The molecule has 0 radical (unpaired) electrons. The molecule has 88 heavy (non-hydrogen) atoms.